The minimum absolute atomic E-state index is 0.742. The van der Waals surface area contributed by atoms with Crippen molar-refractivity contribution in [2.75, 3.05) is 18.0 Å². The zero-order valence-corrected chi connectivity index (χ0v) is 11.2. The molecule has 1 fully saturated rings. The Balaban J connectivity index is 2.44. The van der Waals surface area contributed by atoms with E-state index in [1.54, 1.807) is 0 Å². The Hall–Kier alpha value is -1.63. The van der Waals surface area contributed by atoms with Crippen LogP contribution < -0.4 is 4.90 Å². The summed E-state index contributed by atoms with van der Waals surface area (Å²) in [7, 11) is 0. The van der Waals surface area contributed by atoms with Crippen molar-refractivity contribution in [1.29, 1.82) is 5.26 Å². The Morgan fingerprint density at radius 2 is 1.83 bits per heavy atom. The Bertz CT molecular complexity index is 456. The maximum atomic E-state index is 9.44. The van der Waals surface area contributed by atoms with Crippen molar-refractivity contribution in [3.63, 3.8) is 0 Å². The van der Waals surface area contributed by atoms with Gasteiger partial charge in [-0.15, -0.1) is 5.10 Å². The lowest BCUT2D eigenvalue weighted by molar-refractivity contribution is 0.569. The smallest absolute Gasteiger partial charge is 0.169 e. The third-order valence-corrected chi connectivity index (χ3v) is 3.60. The lowest BCUT2D eigenvalue weighted by atomic mass is 10.0. The van der Waals surface area contributed by atoms with Crippen LogP contribution in [-0.2, 0) is 12.8 Å². The van der Waals surface area contributed by atoms with E-state index in [0.717, 1.165) is 48.6 Å². The van der Waals surface area contributed by atoms with Crippen molar-refractivity contribution in [3.8, 4) is 6.07 Å². The number of piperidine rings is 1. The number of hydrogen-bond donors (Lipinski definition) is 0. The van der Waals surface area contributed by atoms with E-state index in [9.17, 15) is 5.26 Å². The molecule has 96 valence electrons. The molecule has 2 rings (SSSR count). The molecule has 1 aliphatic rings. The first-order valence-corrected chi connectivity index (χ1v) is 6.85. The quantitative estimate of drug-likeness (QED) is 0.819. The second kappa shape index (κ2) is 5.81. The number of rotatable bonds is 3. The first-order chi connectivity index (χ1) is 8.81. The van der Waals surface area contributed by atoms with Gasteiger partial charge in [0.25, 0.3) is 0 Å². The van der Waals surface area contributed by atoms with Crippen LogP contribution in [0, 0.1) is 11.3 Å². The van der Waals surface area contributed by atoms with Gasteiger partial charge in [-0.1, -0.05) is 13.8 Å². The van der Waals surface area contributed by atoms with Crippen LogP contribution in [0.15, 0.2) is 0 Å². The molecule has 18 heavy (non-hydrogen) atoms. The van der Waals surface area contributed by atoms with E-state index in [4.69, 9.17) is 0 Å². The van der Waals surface area contributed by atoms with Gasteiger partial charge < -0.3 is 4.90 Å². The Labute approximate surface area is 109 Å². The van der Waals surface area contributed by atoms with Gasteiger partial charge in [0, 0.05) is 13.1 Å². The van der Waals surface area contributed by atoms with E-state index in [2.05, 4.69) is 35.0 Å². The van der Waals surface area contributed by atoms with Crippen LogP contribution in [-0.4, -0.2) is 23.3 Å². The monoisotopic (exact) mass is 244 g/mol. The predicted molar refractivity (Wildman–Crippen MR) is 71.6 cm³/mol. The number of nitriles is 1. The molecule has 2 heterocycles. The molecule has 0 N–H and O–H groups in total. The highest BCUT2D eigenvalue weighted by Gasteiger charge is 2.20. The molecule has 1 aromatic heterocycles. The van der Waals surface area contributed by atoms with Crippen molar-refractivity contribution < 1.29 is 0 Å². The summed E-state index contributed by atoms with van der Waals surface area (Å²) in [6, 6.07) is 2.34. The summed E-state index contributed by atoms with van der Waals surface area (Å²) in [5.74, 6) is 0.797. The molecule has 0 unspecified atom stereocenters. The van der Waals surface area contributed by atoms with Crippen LogP contribution in [0.2, 0.25) is 0 Å². The van der Waals surface area contributed by atoms with Crippen LogP contribution >= 0.6 is 0 Å². The van der Waals surface area contributed by atoms with Gasteiger partial charge in [0.05, 0.1) is 5.69 Å². The van der Waals surface area contributed by atoms with Crippen LogP contribution in [0.1, 0.15) is 49.9 Å². The molecule has 0 saturated carbocycles. The molecular weight excluding hydrogens is 224 g/mol. The lowest BCUT2D eigenvalue weighted by Crippen LogP contribution is -2.31. The Kier molecular flexibility index (Phi) is 4.14. The number of aryl methyl sites for hydroxylation is 1. The second-order valence-electron chi connectivity index (χ2n) is 4.69. The van der Waals surface area contributed by atoms with Gasteiger partial charge in [0.2, 0.25) is 0 Å². The third-order valence-electron chi connectivity index (χ3n) is 3.60. The topological polar surface area (TPSA) is 52.8 Å². The van der Waals surface area contributed by atoms with E-state index < -0.39 is 0 Å². The third kappa shape index (κ3) is 2.31. The fourth-order valence-electron chi connectivity index (χ4n) is 2.61. The van der Waals surface area contributed by atoms with Crippen LogP contribution in [0.4, 0.5) is 5.82 Å². The van der Waals surface area contributed by atoms with Gasteiger partial charge in [-0.05, 0) is 37.7 Å². The molecule has 1 saturated heterocycles. The van der Waals surface area contributed by atoms with E-state index in [0.29, 0.717) is 0 Å². The summed E-state index contributed by atoms with van der Waals surface area (Å²) in [6.07, 6.45) is 5.33. The SMILES string of the molecule is CCc1nnc(N2CCCCC2)c(C#N)c1CC. The van der Waals surface area contributed by atoms with Crippen LogP contribution in [0.3, 0.4) is 0 Å². The molecular formula is C14H20N4. The normalized spacial score (nSPS) is 15.5. The van der Waals surface area contributed by atoms with Crippen molar-refractivity contribution in [2.45, 2.75) is 46.0 Å². The van der Waals surface area contributed by atoms with Crippen molar-refractivity contribution in [2.24, 2.45) is 0 Å². The van der Waals surface area contributed by atoms with E-state index in [1.807, 2.05) is 0 Å². The summed E-state index contributed by atoms with van der Waals surface area (Å²) < 4.78 is 0. The van der Waals surface area contributed by atoms with Gasteiger partial charge >= 0.3 is 0 Å². The van der Waals surface area contributed by atoms with Crippen molar-refractivity contribution in [1.82, 2.24) is 10.2 Å². The average Bonchev–Trinajstić information content (AvgIpc) is 2.46. The van der Waals surface area contributed by atoms with Gasteiger partial charge in [-0.2, -0.15) is 10.4 Å². The molecule has 0 bridgehead atoms. The maximum Gasteiger partial charge on any atom is 0.169 e. The molecule has 4 nitrogen and oxygen atoms in total. The lowest BCUT2D eigenvalue weighted by Gasteiger charge is -2.28. The Morgan fingerprint density at radius 1 is 1.11 bits per heavy atom. The summed E-state index contributed by atoms with van der Waals surface area (Å²) in [6.45, 7) is 6.14. The number of nitrogens with zero attached hydrogens (tertiary/aromatic N) is 4. The van der Waals surface area contributed by atoms with Crippen LogP contribution in [0.5, 0.6) is 0 Å². The summed E-state index contributed by atoms with van der Waals surface area (Å²) in [5, 5.41) is 18.1. The van der Waals surface area contributed by atoms with Crippen molar-refractivity contribution >= 4 is 5.82 Å². The molecule has 0 spiro atoms. The van der Waals surface area contributed by atoms with E-state index >= 15 is 0 Å². The predicted octanol–water partition coefficient (Wildman–Crippen LogP) is 2.46. The zero-order chi connectivity index (χ0) is 13.0. The molecule has 0 amide bonds. The fourth-order valence-corrected chi connectivity index (χ4v) is 2.61. The largest absolute Gasteiger partial charge is 0.354 e. The van der Waals surface area contributed by atoms with Gasteiger partial charge in [0.15, 0.2) is 5.82 Å². The van der Waals surface area contributed by atoms with Gasteiger partial charge in [-0.25, -0.2) is 0 Å². The Morgan fingerprint density at radius 3 is 2.39 bits per heavy atom. The average molecular weight is 244 g/mol. The summed E-state index contributed by atoms with van der Waals surface area (Å²) >= 11 is 0. The molecule has 0 atom stereocenters. The molecule has 0 radical (unpaired) electrons. The highest BCUT2D eigenvalue weighted by molar-refractivity contribution is 5.58. The first kappa shape index (κ1) is 12.8. The van der Waals surface area contributed by atoms with E-state index in [1.165, 1.54) is 19.3 Å². The standard InChI is InChI=1S/C14H20N4/c1-3-11-12(10-15)14(17-16-13(11)4-2)18-8-6-5-7-9-18/h3-9H2,1-2H3. The van der Waals surface area contributed by atoms with Crippen LogP contribution in [0.25, 0.3) is 0 Å². The number of hydrogen-bond acceptors (Lipinski definition) is 4. The minimum atomic E-state index is 0.742. The summed E-state index contributed by atoms with van der Waals surface area (Å²) in [5.41, 5.74) is 2.79. The van der Waals surface area contributed by atoms with Gasteiger partial charge in [-0.3, -0.25) is 0 Å². The maximum absolute atomic E-state index is 9.44. The minimum Gasteiger partial charge on any atom is -0.354 e. The second-order valence-corrected chi connectivity index (χ2v) is 4.69. The fraction of sp³-hybridized carbons (Fsp3) is 0.643. The molecule has 1 aromatic rings. The molecule has 0 aromatic carbocycles. The highest BCUT2D eigenvalue weighted by Crippen LogP contribution is 2.25. The zero-order valence-electron chi connectivity index (χ0n) is 11.2. The molecule has 1 aliphatic heterocycles. The number of aromatic nitrogens is 2. The van der Waals surface area contributed by atoms with E-state index in [-0.39, 0.29) is 0 Å². The number of anilines is 1. The van der Waals surface area contributed by atoms with Crippen molar-refractivity contribution in [3.05, 3.63) is 16.8 Å². The summed E-state index contributed by atoms with van der Waals surface area (Å²) in [4.78, 5) is 2.22. The first-order valence-electron chi connectivity index (χ1n) is 6.85. The molecule has 0 aliphatic carbocycles. The highest BCUT2D eigenvalue weighted by atomic mass is 15.3. The molecule has 4 heteroatoms. The van der Waals surface area contributed by atoms with Gasteiger partial charge in [0.1, 0.15) is 11.6 Å².